The number of hydrogen-bond acceptors (Lipinski definition) is 3. The Morgan fingerprint density at radius 3 is 2.29 bits per heavy atom. The second-order valence-electron chi connectivity index (χ2n) is 5.16. The fraction of sp³-hybridized carbons (Fsp3) is 0. The van der Waals surface area contributed by atoms with Crippen molar-refractivity contribution in [1.82, 2.24) is 0 Å². The van der Waals surface area contributed by atoms with Crippen LogP contribution in [-0.2, 0) is 0 Å². The number of carbonyl (C=O) groups is 1. The average Bonchev–Trinajstić information content (AvgIpc) is 2.62. The minimum Gasteiger partial charge on any atom is -0.289 e. The first-order chi connectivity index (χ1) is 11.6. The molecule has 0 heterocycles. The lowest BCUT2D eigenvalue weighted by Gasteiger charge is -2.09. The first kappa shape index (κ1) is 15.6. The van der Waals surface area contributed by atoms with Gasteiger partial charge in [0, 0.05) is 17.2 Å². The van der Waals surface area contributed by atoms with Gasteiger partial charge in [0.2, 0.25) is 5.82 Å². The molecule has 118 valence electrons. The number of nitro benzene ring substituents is 1. The molecule has 4 nitrogen and oxygen atoms in total. The number of carbonyl (C=O) groups excluding carboxylic acids is 1. The van der Waals surface area contributed by atoms with Gasteiger partial charge in [0.15, 0.2) is 5.78 Å². The summed E-state index contributed by atoms with van der Waals surface area (Å²) >= 11 is 0. The first-order valence-electron chi connectivity index (χ1n) is 7.21. The summed E-state index contributed by atoms with van der Waals surface area (Å²) in [4.78, 5) is 22.9. The predicted octanol–water partition coefficient (Wildman–Crippen LogP) is 4.63. The summed E-state index contributed by atoms with van der Waals surface area (Å²) in [5.74, 6) is -1.10. The monoisotopic (exact) mass is 321 g/mol. The molecule has 0 spiro atoms. The molecule has 0 aliphatic rings. The normalized spacial score (nSPS) is 10.4. The van der Waals surface area contributed by atoms with E-state index in [-0.39, 0.29) is 5.78 Å². The molecule has 0 radical (unpaired) electrons. The van der Waals surface area contributed by atoms with E-state index in [1.54, 1.807) is 48.5 Å². The summed E-state index contributed by atoms with van der Waals surface area (Å²) in [6.45, 7) is 0. The maximum atomic E-state index is 13.6. The predicted molar refractivity (Wildman–Crippen MR) is 88.4 cm³/mol. The lowest BCUT2D eigenvalue weighted by atomic mass is 9.94. The van der Waals surface area contributed by atoms with E-state index in [0.717, 1.165) is 12.1 Å². The highest BCUT2D eigenvalue weighted by molar-refractivity contribution is 6.12. The van der Waals surface area contributed by atoms with Gasteiger partial charge in [-0.2, -0.15) is 4.39 Å². The molecule has 3 aromatic rings. The zero-order chi connectivity index (χ0) is 17.1. The van der Waals surface area contributed by atoms with Crippen LogP contribution in [0, 0.1) is 15.9 Å². The van der Waals surface area contributed by atoms with Crippen molar-refractivity contribution in [3.63, 3.8) is 0 Å². The number of nitro groups is 1. The molecule has 0 amide bonds. The van der Waals surface area contributed by atoms with Crippen LogP contribution in [0.1, 0.15) is 15.9 Å². The van der Waals surface area contributed by atoms with Crippen LogP contribution >= 0.6 is 0 Å². The highest BCUT2D eigenvalue weighted by Crippen LogP contribution is 2.30. The smallest absolute Gasteiger partial charge is 0.289 e. The molecule has 0 atom stereocenters. The summed E-state index contributed by atoms with van der Waals surface area (Å²) < 4.78 is 13.6. The van der Waals surface area contributed by atoms with Gasteiger partial charge < -0.3 is 0 Å². The van der Waals surface area contributed by atoms with Crippen molar-refractivity contribution in [2.45, 2.75) is 0 Å². The van der Waals surface area contributed by atoms with E-state index in [1.807, 2.05) is 6.07 Å². The van der Waals surface area contributed by atoms with Gasteiger partial charge in [0.25, 0.3) is 0 Å². The highest BCUT2D eigenvalue weighted by atomic mass is 19.1. The van der Waals surface area contributed by atoms with Crippen molar-refractivity contribution in [2.24, 2.45) is 0 Å². The van der Waals surface area contributed by atoms with Crippen LogP contribution in [0.25, 0.3) is 11.1 Å². The second-order valence-corrected chi connectivity index (χ2v) is 5.16. The SMILES string of the molecule is O=C(c1ccccc1)c1ccccc1-c1ccc(F)c([N+](=O)[O-])c1. The molecule has 0 saturated heterocycles. The summed E-state index contributed by atoms with van der Waals surface area (Å²) in [5, 5.41) is 10.9. The molecule has 3 aromatic carbocycles. The maximum absolute atomic E-state index is 13.6. The second kappa shape index (κ2) is 6.42. The summed E-state index contributed by atoms with van der Waals surface area (Å²) in [7, 11) is 0. The Hall–Kier alpha value is -3.34. The minimum absolute atomic E-state index is 0.196. The Bertz CT molecular complexity index is 923. The fourth-order valence-corrected chi connectivity index (χ4v) is 2.50. The third-order valence-electron chi connectivity index (χ3n) is 3.66. The van der Waals surface area contributed by atoms with Gasteiger partial charge in [-0.15, -0.1) is 0 Å². The molecule has 0 fully saturated rings. The summed E-state index contributed by atoms with van der Waals surface area (Å²) in [5.41, 5.74) is 1.25. The quantitative estimate of drug-likeness (QED) is 0.400. The van der Waals surface area contributed by atoms with Gasteiger partial charge in [-0.05, 0) is 17.2 Å². The van der Waals surface area contributed by atoms with Gasteiger partial charge in [-0.3, -0.25) is 14.9 Å². The summed E-state index contributed by atoms with van der Waals surface area (Å²) in [6, 6.07) is 19.1. The number of ketones is 1. The van der Waals surface area contributed by atoms with Crippen molar-refractivity contribution in [1.29, 1.82) is 0 Å². The fourth-order valence-electron chi connectivity index (χ4n) is 2.50. The largest absolute Gasteiger partial charge is 0.305 e. The third-order valence-corrected chi connectivity index (χ3v) is 3.66. The van der Waals surface area contributed by atoms with E-state index in [9.17, 15) is 19.3 Å². The molecule has 0 bridgehead atoms. The molecule has 0 unspecified atom stereocenters. The first-order valence-corrected chi connectivity index (χ1v) is 7.21. The van der Waals surface area contributed by atoms with E-state index < -0.39 is 16.4 Å². The number of rotatable bonds is 4. The van der Waals surface area contributed by atoms with E-state index in [0.29, 0.717) is 22.3 Å². The number of nitrogens with zero attached hydrogens (tertiary/aromatic N) is 1. The Balaban J connectivity index is 2.12. The van der Waals surface area contributed by atoms with E-state index >= 15 is 0 Å². The van der Waals surface area contributed by atoms with Crippen LogP contribution in [-0.4, -0.2) is 10.7 Å². The zero-order valence-corrected chi connectivity index (χ0v) is 12.5. The lowest BCUT2D eigenvalue weighted by Crippen LogP contribution is -2.03. The topological polar surface area (TPSA) is 60.2 Å². The standard InChI is InChI=1S/C19H12FNO3/c20-17-11-10-14(12-18(17)21(23)24)15-8-4-5-9-16(15)19(22)13-6-2-1-3-7-13/h1-12H. The van der Waals surface area contributed by atoms with Crippen LogP contribution in [0.3, 0.4) is 0 Å². The van der Waals surface area contributed by atoms with E-state index in [2.05, 4.69) is 0 Å². The van der Waals surface area contributed by atoms with Gasteiger partial charge in [0.05, 0.1) is 4.92 Å². The summed E-state index contributed by atoms with van der Waals surface area (Å²) in [6.07, 6.45) is 0. The molecule has 5 heteroatoms. The van der Waals surface area contributed by atoms with Crippen LogP contribution in [0.2, 0.25) is 0 Å². The number of benzene rings is 3. The number of halogens is 1. The molecule has 24 heavy (non-hydrogen) atoms. The van der Waals surface area contributed by atoms with Crippen LogP contribution in [0.5, 0.6) is 0 Å². The van der Waals surface area contributed by atoms with Gasteiger partial charge >= 0.3 is 5.69 Å². The zero-order valence-electron chi connectivity index (χ0n) is 12.5. The van der Waals surface area contributed by atoms with Crippen molar-refractivity contribution in [3.8, 4) is 11.1 Å². The molecular formula is C19H12FNO3. The molecule has 3 rings (SSSR count). The Morgan fingerprint density at radius 2 is 1.58 bits per heavy atom. The van der Waals surface area contributed by atoms with Crippen LogP contribution < -0.4 is 0 Å². The van der Waals surface area contributed by atoms with Crippen molar-refractivity contribution in [3.05, 3.63) is 99.9 Å². The Kier molecular flexibility index (Phi) is 4.16. The average molecular weight is 321 g/mol. The Labute approximate surface area is 137 Å². The minimum atomic E-state index is -0.907. The van der Waals surface area contributed by atoms with Gasteiger partial charge in [-0.1, -0.05) is 60.7 Å². The molecule has 0 saturated carbocycles. The van der Waals surface area contributed by atoms with Gasteiger partial charge in [0.1, 0.15) is 0 Å². The van der Waals surface area contributed by atoms with E-state index in [4.69, 9.17) is 0 Å². The molecule has 0 aliphatic heterocycles. The van der Waals surface area contributed by atoms with Gasteiger partial charge in [-0.25, -0.2) is 0 Å². The lowest BCUT2D eigenvalue weighted by molar-refractivity contribution is -0.387. The maximum Gasteiger partial charge on any atom is 0.305 e. The third kappa shape index (κ3) is 2.92. The highest BCUT2D eigenvalue weighted by Gasteiger charge is 2.18. The van der Waals surface area contributed by atoms with Crippen molar-refractivity contribution in [2.75, 3.05) is 0 Å². The Morgan fingerprint density at radius 1 is 0.917 bits per heavy atom. The molecule has 0 aliphatic carbocycles. The van der Waals surface area contributed by atoms with E-state index in [1.165, 1.54) is 6.07 Å². The molecule has 0 aromatic heterocycles. The van der Waals surface area contributed by atoms with Crippen molar-refractivity contribution < 1.29 is 14.1 Å². The van der Waals surface area contributed by atoms with Crippen molar-refractivity contribution >= 4 is 11.5 Å². The van der Waals surface area contributed by atoms with Crippen LogP contribution in [0.15, 0.2) is 72.8 Å². The number of hydrogen-bond donors (Lipinski definition) is 0. The molecule has 0 N–H and O–H groups in total. The van der Waals surface area contributed by atoms with Crippen LogP contribution in [0.4, 0.5) is 10.1 Å². The molecular weight excluding hydrogens is 309 g/mol.